The Balaban J connectivity index is 1.92. The largest absolute Gasteiger partial charge is 0.348 e. The van der Waals surface area contributed by atoms with E-state index in [-0.39, 0.29) is 30.6 Å². The Bertz CT molecular complexity index is 694. The fourth-order valence-electron chi connectivity index (χ4n) is 2.66. The first-order valence-electron chi connectivity index (χ1n) is 8.54. The number of hydrogen-bond donors (Lipinski definition) is 1. The smallest absolute Gasteiger partial charge is 0.220 e. The van der Waals surface area contributed by atoms with Crippen LogP contribution < -0.4 is 5.32 Å². The molecule has 1 amide bonds. The van der Waals surface area contributed by atoms with Crippen molar-refractivity contribution < 1.29 is 9.59 Å². The monoisotopic (exact) mass is 338 g/mol. The Morgan fingerprint density at radius 2 is 1.60 bits per heavy atom. The summed E-state index contributed by atoms with van der Waals surface area (Å²) in [4.78, 5) is 26.6. The van der Waals surface area contributed by atoms with Gasteiger partial charge in [-0.2, -0.15) is 0 Å². The van der Waals surface area contributed by atoms with Crippen LogP contribution in [-0.2, 0) is 4.79 Å². The SMILES string of the molecule is Cc1ccc(C(=O)CCC(=O)N[C@@H](CN(C)C)c2ccccc2)cc1. The van der Waals surface area contributed by atoms with E-state index >= 15 is 0 Å². The van der Waals surface area contributed by atoms with Gasteiger partial charge < -0.3 is 10.2 Å². The number of nitrogens with zero attached hydrogens (tertiary/aromatic N) is 1. The van der Waals surface area contributed by atoms with Gasteiger partial charge in [0.15, 0.2) is 5.78 Å². The van der Waals surface area contributed by atoms with Gasteiger partial charge in [0.25, 0.3) is 0 Å². The third kappa shape index (κ3) is 6.16. The van der Waals surface area contributed by atoms with Gasteiger partial charge in [0.05, 0.1) is 6.04 Å². The highest BCUT2D eigenvalue weighted by molar-refractivity contribution is 5.98. The Morgan fingerprint density at radius 1 is 0.960 bits per heavy atom. The van der Waals surface area contributed by atoms with Crippen molar-refractivity contribution in [2.24, 2.45) is 0 Å². The van der Waals surface area contributed by atoms with Crippen LogP contribution in [0.1, 0.15) is 40.4 Å². The molecule has 0 unspecified atom stereocenters. The quantitative estimate of drug-likeness (QED) is 0.751. The number of aryl methyl sites for hydroxylation is 1. The first-order chi connectivity index (χ1) is 12.0. The standard InChI is InChI=1S/C21H26N2O2/c1-16-9-11-18(12-10-16)20(24)13-14-21(25)22-19(15-23(2)3)17-7-5-4-6-8-17/h4-12,19H,13-15H2,1-3H3,(H,22,25)/t19-/m0/s1. The molecule has 1 atom stereocenters. The maximum Gasteiger partial charge on any atom is 0.220 e. The van der Waals surface area contributed by atoms with Gasteiger partial charge in [-0.25, -0.2) is 0 Å². The van der Waals surface area contributed by atoms with E-state index in [2.05, 4.69) is 5.32 Å². The molecule has 0 aromatic heterocycles. The number of benzene rings is 2. The molecule has 0 radical (unpaired) electrons. The van der Waals surface area contributed by atoms with Gasteiger partial charge in [-0.05, 0) is 26.6 Å². The molecule has 0 spiro atoms. The fraction of sp³-hybridized carbons (Fsp3) is 0.333. The summed E-state index contributed by atoms with van der Waals surface area (Å²) in [5, 5.41) is 3.05. The summed E-state index contributed by atoms with van der Waals surface area (Å²) in [7, 11) is 3.95. The molecule has 0 aliphatic rings. The van der Waals surface area contributed by atoms with Crippen molar-refractivity contribution in [3.63, 3.8) is 0 Å². The van der Waals surface area contributed by atoms with E-state index < -0.39 is 0 Å². The number of ketones is 1. The first kappa shape index (κ1) is 18.9. The van der Waals surface area contributed by atoms with Gasteiger partial charge in [0, 0.05) is 24.9 Å². The minimum atomic E-state index is -0.101. The molecule has 0 saturated carbocycles. The van der Waals surface area contributed by atoms with E-state index in [1.165, 1.54) is 0 Å². The summed E-state index contributed by atoms with van der Waals surface area (Å²) in [6.07, 6.45) is 0.418. The van der Waals surface area contributed by atoms with Crippen LogP contribution in [0.15, 0.2) is 54.6 Å². The number of rotatable bonds is 8. The van der Waals surface area contributed by atoms with Gasteiger partial charge in [0.2, 0.25) is 5.91 Å². The van der Waals surface area contributed by atoms with E-state index in [9.17, 15) is 9.59 Å². The van der Waals surface area contributed by atoms with E-state index in [1.807, 2.05) is 80.5 Å². The van der Waals surface area contributed by atoms with Crippen molar-refractivity contribution in [3.05, 3.63) is 71.3 Å². The van der Waals surface area contributed by atoms with Crippen LogP contribution in [0.25, 0.3) is 0 Å². The number of carbonyl (C=O) groups is 2. The topological polar surface area (TPSA) is 49.4 Å². The Kier molecular flexibility index (Phi) is 6.90. The van der Waals surface area contributed by atoms with Crippen LogP contribution in [0.4, 0.5) is 0 Å². The van der Waals surface area contributed by atoms with Crippen molar-refractivity contribution in [2.75, 3.05) is 20.6 Å². The van der Waals surface area contributed by atoms with Crippen molar-refractivity contribution in [1.82, 2.24) is 10.2 Å². The predicted octanol–water partition coefficient (Wildman–Crippen LogP) is 3.38. The number of hydrogen-bond acceptors (Lipinski definition) is 3. The molecule has 0 heterocycles. The summed E-state index contributed by atoms with van der Waals surface area (Å²) >= 11 is 0. The molecule has 2 rings (SSSR count). The van der Waals surface area contributed by atoms with Gasteiger partial charge in [-0.1, -0.05) is 60.2 Å². The zero-order chi connectivity index (χ0) is 18.2. The lowest BCUT2D eigenvalue weighted by atomic mass is 10.0. The van der Waals surface area contributed by atoms with Crippen molar-refractivity contribution in [1.29, 1.82) is 0 Å². The average Bonchev–Trinajstić information content (AvgIpc) is 2.60. The highest BCUT2D eigenvalue weighted by Gasteiger charge is 2.16. The molecular formula is C21H26N2O2. The van der Waals surface area contributed by atoms with Gasteiger partial charge in [0.1, 0.15) is 0 Å². The molecule has 0 aliphatic heterocycles. The second-order valence-electron chi connectivity index (χ2n) is 6.58. The number of nitrogens with one attached hydrogen (secondary N) is 1. The lowest BCUT2D eigenvalue weighted by molar-refractivity contribution is -0.121. The molecular weight excluding hydrogens is 312 g/mol. The highest BCUT2D eigenvalue weighted by atomic mass is 16.2. The van der Waals surface area contributed by atoms with E-state index in [1.54, 1.807) is 0 Å². The zero-order valence-electron chi connectivity index (χ0n) is 15.2. The summed E-state index contributed by atoms with van der Waals surface area (Å²) in [5.74, 6) is -0.102. The van der Waals surface area contributed by atoms with Crippen LogP contribution in [0.3, 0.4) is 0 Å². The molecule has 0 bridgehead atoms. The summed E-state index contributed by atoms with van der Waals surface area (Å²) in [5.41, 5.74) is 2.84. The Labute approximate surface area is 149 Å². The molecule has 25 heavy (non-hydrogen) atoms. The van der Waals surface area contributed by atoms with Crippen molar-refractivity contribution in [3.8, 4) is 0 Å². The molecule has 4 nitrogen and oxygen atoms in total. The Hall–Kier alpha value is -2.46. The number of carbonyl (C=O) groups excluding carboxylic acids is 2. The molecule has 132 valence electrons. The van der Waals surface area contributed by atoms with E-state index in [0.717, 1.165) is 11.1 Å². The van der Waals surface area contributed by atoms with Crippen LogP contribution in [-0.4, -0.2) is 37.2 Å². The van der Waals surface area contributed by atoms with Gasteiger partial charge >= 0.3 is 0 Å². The second-order valence-corrected chi connectivity index (χ2v) is 6.58. The van der Waals surface area contributed by atoms with Crippen molar-refractivity contribution in [2.45, 2.75) is 25.8 Å². The minimum Gasteiger partial charge on any atom is -0.348 e. The normalized spacial score (nSPS) is 12.0. The maximum absolute atomic E-state index is 12.3. The van der Waals surface area contributed by atoms with Crippen LogP contribution in [0.5, 0.6) is 0 Å². The summed E-state index contributed by atoms with van der Waals surface area (Å²) in [6, 6.07) is 17.3. The Morgan fingerprint density at radius 3 is 2.20 bits per heavy atom. The molecule has 4 heteroatoms. The molecule has 2 aromatic rings. The van der Waals surface area contributed by atoms with Crippen LogP contribution in [0, 0.1) is 6.92 Å². The van der Waals surface area contributed by atoms with Crippen molar-refractivity contribution >= 4 is 11.7 Å². The minimum absolute atomic E-state index is 0.000907. The van der Waals surface area contributed by atoms with E-state index in [0.29, 0.717) is 12.1 Å². The third-order valence-corrected chi connectivity index (χ3v) is 4.04. The highest BCUT2D eigenvalue weighted by Crippen LogP contribution is 2.14. The summed E-state index contributed by atoms with van der Waals surface area (Å²) < 4.78 is 0. The maximum atomic E-state index is 12.3. The van der Waals surface area contributed by atoms with E-state index in [4.69, 9.17) is 0 Å². The molecule has 2 aromatic carbocycles. The van der Waals surface area contributed by atoms with Crippen LogP contribution in [0.2, 0.25) is 0 Å². The number of likely N-dealkylation sites (N-methyl/N-ethyl adjacent to an activating group) is 1. The molecule has 0 saturated heterocycles. The lowest BCUT2D eigenvalue weighted by Crippen LogP contribution is -2.35. The van der Waals surface area contributed by atoms with Gasteiger partial charge in [-0.15, -0.1) is 0 Å². The number of amides is 1. The summed E-state index contributed by atoms with van der Waals surface area (Å²) in [6.45, 7) is 2.69. The lowest BCUT2D eigenvalue weighted by Gasteiger charge is -2.23. The molecule has 0 aliphatic carbocycles. The van der Waals surface area contributed by atoms with Gasteiger partial charge in [-0.3, -0.25) is 9.59 Å². The fourth-order valence-corrected chi connectivity index (χ4v) is 2.66. The second kappa shape index (κ2) is 9.14. The first-order valence-corrected chi connectivity index (χ1v) is 8.54. The van der Waals surface area contributed by atoms with Crippen LogP contribution >= 0.6 is 0 Å². The molecule has 1 N–H and O–H groups in total. The third-order valence-electron chi connectivity index (χ3n) is 4.04. The predicted molar refractivity (Wildman–Crippen MR) is 101 cm³/mol. The number of Topliss-reactive ketones (excluding diaryl/α,β-unsaturated/α-hetero) is 1. The molecule has 0 fully saturated rings. The average molecular weight is 338 g/mol. The zero-order valence-corrected chi connectivity index (χ0v) is 15.2.